The van der Waals surface area contributed by atoms with Gasteiger partial charge in [0.1, 0.15) is 5.75 Å². The first-order valence-electron chi connectivity index (χ1n) is 6.04. The summed E-state index contributed by atoms with van der Waals surface area (Å²) in [6.45, 7) is 0. The van der Waals surface area contributed by atoms with E-state index in [1.54, 1.807) is 13.2 Å². The molecule has 0 saturated heterocycles. The number of rotatable bonds is 4. The number of benzene rings is 2. The molecule has 0 spiro atoms. The molecule has 0 aliphatic carbocycles. The molecule has 2 aromatic rings. The summed E-state index contributed by atoms with van der Waals surface area (Å²) >= 11 is 15.4. The van der Waals surface area contributed by atoms with Crippen molar-refractivity contribution in [3.8, 4) is 5.75 Å². The van der Waals surface area contributed by atoms with Crippen LogP contribution in [-0.2, 0) is 6.42 Å². The number of ether oxygens (including phenoxy) is 1. The quantitative estimate of drug-likeness (QED) is 0.816. The largest absolute Gasteiger partial charge is 0.496 e. The van der Waals surface area contributed by atoms with Gasteiger partial charge in [-0.25, -0.2) is 0 Å². The van der Waals surface area contributed by atoms with Crippen molar-refractivity contribution in [2.45, 2.75) is 12.5 Å². The van der Waals surface area contributed by atoms with Crippen LogP contribution in [0.1, 0.15) is 17.2 Å². The summed E-state index contributed by atoms with van der Waals surface area (Å²) < 4.78 is 6.32. The van der Waals surface area contributed by atoms with E-state index in [-0.39, 0.29) is 6.04 Å². The van der Waals surface area contributed by atoms with E-state index in [4.69, 9.17) is 33.7 Å². The number of hydrogen-bond acceptors (Lipinski definition) is 2. The Balaban J connectivity index is 2.25. The summed E-state index contributed by atoms with van der Waals surface area (Å²) in [5.74, 6) is 0.778. The Bertz CT molecular complexity index is 619. The van der Waals surface area contributed by atoms with Gasteiger partial charge in [-0.2, -0.15) is 0 Å². The van der Waals surface area contributed by atoms with Crippen LogP contribution < -0.4 is 10.5 Å². The van der Waals surface area contributed by atoms with Crippen molar-refractivity contribution in [2.75, 3.05) is 7.11 Å². The fourth-order valence-corrected chi connectivity index (χ4v) is 2.72. The minimum absolute atomic E-state index is 0.181. The highest BCUT2D eigenvalue weighted by Crippen LogP contribution is 2.30. The van der Waals surface area contributed by atoms with Gasteiger partial charge in [0.2, 0.25) is 0 Å². The SMILES string of the molecule is COc1ccc(Br)cc1C(N)Cc1ccc(Cl)c(Cl)c1. The monoisotopic (exact) mass is 373 g/mol. The van der Waals surface area contributed by atoms with Gasteiger partial charge >= 0.3 is 0 Å². The predicted octanol–water partition coefficient (Wildman–Crippen LogP) is 5.01. The van der Waals surface area contributed by atoms with Crippen molar-refractivity contribution >= 4 is 39.1 Å². The molecule has 0 saturated carbocycles. The molecule has 2 N–H and O–H groups in total. The number of hydrogen-bond donors (Lipinski definition) is 1. The summed E-state index contributed by atoms with van der Waals surface area (Å²) in [5, 5.41) is 1.08. The van der Waals surface area contributed by atoms with Gasteiger partial charge in [-0.15, -0.1) is 0 Å². The summed E-state index contributed by atoms with van der Waals surface area (Å²) in [7, 11) is 1.64. The van der Waals surface area contributed by atoms with Gasteiger partial charge in [0.25, 0.3) is 0 Å². The fraction of sp³-hybridized carbons (Fsp3) is 0.200. The first kappa shape index (κ1) is 15.6. The summed E-state index contributed by atoms with van der Waals surface area (Å²) in [6, 6.07) is 11.2. The molecule has 20 heavy (non-hydrogen) atoms. The van der Waals surface area contributed by atoms with Crippen LogP contribution in [0.4, 0.5) is 0 Å². The molecule has 1 atom stereocenters. The smallest absolute Gasteiger partial charge is 0.123 e. The van der Waals surface area contributed by atoms with E-state index in [9.17, 15) is 0 Å². The lowest BCUT2D eigenvalue weighted by Gasteiger charge is -2.16. The van der Waals surface area contributed by atoms with Gasteiger partial charge in [0.15, 0.2) is 0 Å². The Morgan fingerprint density at radius 2 is 1.90 bits per heavy atom. The van der Waals surface area contributed by atoms with Crippen LogP contribution in [0.2, 0.25) is 10.0 Å². The molecule has 0 radical (unpaired) electrons. The van der Waals surface area contributed by atoms with Gasteiger partial charge < -0.3 is 10.5 Å². The number of halogens is 3. The Labute approximate surface area is 137 Å². The molecule has 1 unspecified atom stereocenters. The molecular weight excluding hydrogens is 361 g/mol. The van der Waals surface area contributed by atoms with E-state index in [1.807, 2.05) is 30.3 Å². The molecule has 0 aromatic heterocycles. The minimum atomic E-state index is -0.181. The van der Waals surface area contributed by atoms with Gasteiger partial charge in [0.05, 0.1) is 17.2 Å². The second-order valence-electron chi connectivity index (χ2n) is 4.45. The first-order chi connectivity index (χ1) is 9.51. The lowest BCUT2D eigenvalue weighted by molar-refractivity contribution is 0.405. The Kier molecular flexibility index (Phi) is 5.33. The average Bonchev–Trinajstić information content (AvgIpc) is 2.43. The standard InChI is InChI=1S/C15H14BrCl2NO/c1-20-15-5-3-10(16)8-11(15)14(19)7-9-2-4-12(17)13(18)6-9/h2-6,8,14H,7,19H2,1H3. The normalized spacial score (nSPS) is 12.2. The van der Waals surface area contributed by atoms with Crippen LogP contribution in [0.15, 0.2) is 40.9 Å². The molecular formula is C15H14BrCl2NO. The van der Waals surface area contributed by atoms with E-state index < -0.39 is 0 Å². The molecule has 106 valence electrons. The second kappa shape index (κ2) is 6.81. The van der Waals surface area contributed by atoms with Crippen molar-refractivity contribution in [3.05, 3.63) is 62.0 Å². The van der Waals surface area contributed by atoms with E-state index in [2.05, 4.69) is 15.9 Å². The lowest BCUT2D eigenvalue weighted by Crippen LogP contribution is -2.14. The van der Waals surface area contributed by atoms with Crippen molar-refractivity contribution in [2.24, 2.45) is 5.73 Å². The van der Waals surface area contributed by atoms with Crippen LogP contribution >= 0.6 is 39.1 Å². The maximum Gasteiger partial charge on any atom is 0.123 e. The zero-order chi connectivity index (χ0) is 14.7. The van der Waals surface area contributed by atoms with Gasteiger partial charge in [-0.1, -0.05) is 45.2 Å². The lowest BCUT2D eigenvalue weighted by atomic mass is 9.99. The Morgan fingerprint density at radius 1 is 1.15 bits per heavy atom. The maximum atomic E-state index is 6.28. The molecule has 2 rings (SSSR count). The summed E-state index contributed by atoms with van der Waals surface area (Å²) in [4.78, 5) is 0. The van der Waals surface area contributed by atoms with Crippen LogP contribution in [0.25, 0.3) is 0 Å². The highest BCUT2D eigenvalue weighted by Gasteiger charge is 2.14. The molecule has 5 heteroatoms. The molecule has 0 fully saturated rings. The minimum Gasteiger partial charge on any atom is -0.496 e. The van der Waals surface area contributed by atoms with Crippen LogP contribution in [0, 0.1) is 0 Å². The third-order valence-corrected chi connectivity index (χ3v) is 4.26. The van der Waals surface area contributed by atoms with E-state index in [0.29, 0.717) is 16.5 Å². The molecule has 0 heterocycles. The zero-order valence-electron chi connectivity index (χ0n) is 10.9. The van der Waals surface area contributed by atoms with E-state index in [0.717, 1.165) is 21.3 Å². The van der Waals surface area contributed by atoms with Gasteiger partial charge in [0, 0.05) is 16.1 Å². The average molecular weight is 375 g/mol. The topological polar surface area (TPSA) is 35.2 Å². The maximum absolute atomic E-state index is 6.28. The summed E-state index contributed by atoms with van der Waals surface area (Å²) in [6.07, 6.45) is 0.656. The highest BCUT2D eigenvalue weighted by molar-refractivity contribution is 9.10. The van der Waals surface area contributed by atoms with Crippen molar-refractivity contribution in [3.63, 3.8) is 0 Å². The van der Waals surface area contributed by atoms with Crippen molar-refractivity contribution in [1.82, 2.24) is 0 Å². The molecule has 0 bridgehead atoms. The predicted molar refractivity (Wildman–Crippen MR) is 87.8 cm³/mol. The highest BCUT2D eigenvalue weighted by atomic mass is 79.9. The molecule has 0 aliphatic heterocycles. The van der Waals surface area contributed by atoms with E-state index >= 15 is 0 Å². The number of nitrogens with two attached hydrogens (primary N) is 1. The van der Waals surface area contributed by atoms with Crippen LogP contribution in [0.3, 0.4) is 0 Å². The van der Waals surface area contributed by atoms with Gasteiger partial charge in [-0.05, 0) is 42.3 Å². The number of methoxy groups -OCH3 is 1. The van der Waals surface area contributed by atoms with Crippen molar-refractivity contribution < 1.29 is 4.74 Å². The first-order valence-corrected chi connectivity index (χ1v) is 7.59. The Hall–Kier alpha value is -0.740. The van der Waals surface area contributed by atoms with E-state index in [1.165, 1.54) is 0 Å². The molecule has 2 nitrogen and oxygen atoms in total. The summed E-state index contributed by atoms with van der Waals surface area (Å²) in [5.41, 5.74) is 8.27. The van der Waals surface area contributed by atoms with Gasteiger partial charge in [-0.3, -0.25) is 0 Å². The van der Waals surface area contributed by atoms with Crippen LogP contribution in [0.5, 0.6) is 5.75 Å². The van der Waals surface area contributed by atoms with Crippen LogP contribution in [-0.4, -0.2) is 7.11 Å². The molecule has 0 amide bonds. The fourth-order valence-electron chi connectivity index (χ4n) is 2.03. The molecule has 0 aliphatic rings. The third kappa shape index (κ3) is 3.67. The Morgan fingerprint density at radius 3 is 2.55 bits per heavy atom. The second-order valence-corrected chi connectivity index (χ2v) is 6.18. The third-order valence-electron chi connectivity index (χ3n) is 3.03. The van der Waals surface area contributed by atoms with Crippen molar-refractivity contribution in [1.29, 1.82) is 0 Å². The zero-order valence-corrected chi connectivity index (χ0v) is 14.0. The molecule has 2 aromatic carbocycles.